The van der Waals surface area contributed by atoms with Crippen LogP contribution in [0.1, 0.15) is 25.7 Å². The fraction of sp³-hybridized carbons (Fsp3) is 0.588. The molecule has 1 aliphatic rings. The van der Waals surface area contributed by atoms with Gasteiger partial charge in [-0.15, -0.1) is 0 Å². The van der Waals surface area contributed by atoms with Crippen LogP contribution in [0.3, 0.4) is 0 Å². The predicted octanol–water partition coefficient (Wildman–Crippen LogP) is 2.69. The Kier molecular flexibility index (Phi) is 8.99. The van der Waals surface area contributed by atoms with Gasteiger partial charge in [0.25, 0.3) is 0 Å². The first-order chi connectivity index (χ1) is 12.1. The number of aromatic nitrogens is 1. The Morgan fingerprint density at radius 3 is 2.56 bits per heavy atom. The van der Waals surface area contributed by atoms with Gasteiger partial charge in [-0.25, -0.2) is 4.79 Å². The molecule has 1 saturated heterocycles. The highest BCUT2D eigenvalue weighted by atomic mass is 32.2. The maximum Gasteiger partial charge on any atom is 0.319 e. The van der Waals surface area contributed by atoms with Crippen molar-refractivity contribution in [3.8, 4) is 0 Å². The fourth-order valence-electron chi connectivity index (χ4n) is 2.55. The number of rotatable bonds is 7. The van der Waals surface area contributed by atoms with Crippen molar-refractivity contribution in [1.29, 1.82) is 0 Å². The first-order valence-electron chi connectivity index (χ1n) is 8.71. The molecule has 6 nitrogen and oxygen atoms in total. The molecule has 0 saturated carbocycles. The molecule has 1 aliphatic heterocycles. The van der Waals surface area contributed by atoms with Gasteiger partial charge in [0.1, 0.15) is 4.32 Å². The number of carbonyl (C=O) groups excluding carboxylic acids is 1. The Balaban J connectivity index is 1.46. The minimum Gasteiger partial charge on any atom is -0.371 e. The van der Waals surface area contributed by atoms with E-state index in [1.54, 1.807) is 36.3 Å². The summed E-state index contributed by atoms with van der Waals surface area (Å²) in [7, 11) is 2.17. The van der Waals surface area contributed by atoms with E-state index in [1.165, 1.54) is 12.8 Å². The minimum absolute atomic E-state index is 0.187. The molecule has 0 bridgehead atoms. The molecule has 0 radical (unpaired) electrons. The summed E-state index contributed by atoms with van der Waals surface area (Å²) < 4.78 is 0.901. The number of unbranched alkanes of at least 4 members (excludes halogenated alkanes) is 1. The summed E-state index contributed by atoms with van der Waals surface area (Å²) in [5, 5.41) is 9.58. The van der Waals surface area contributed by atoms with E-state index in [9.17, 15) is 4.79 Å². The van der Waals surface area contributed by atoms with Crippen LogP contribution in [0, 0.1) is 0 Å². The lowest BCUT2D eigenvalue weighted by molar-refractivity contribution is 0.252. The van der Waals surface area contributed by atoms with Crippen molar-refractivity contribution < 1.29 is 4.79 Å². The first-order valence-corrected chi connectivity index (χ1v) is 10.00. The van der Waals surface area contributed by atoms with Gasteiger partial charge in [-0.2, -0.15) is 0 Å². The maximum atomic E-state index is 11.7. The normalized spacial score (nSPS) is 15.6. The molecule has 0 unspecified atom stereocenters. The van der Waals surface area contributed by atoms with Crippen LogP contribution >= 0.6 is 24.0 Å². The Labute approximate surface area is 159 Å². The summed E-state index contributed by atoms with van der Waals surface area (Å²) in [6.07, 6.45) is 7.60. The third-order valence-electron chi connectivity index (χ3n) is 4.04. The van der Waals surface area contributed by atoms with E-state index in [2.05, 4.69) is 32.9 Å². The lowest BCUT2D eigenvalue weighted by Crippen LogP contribution is -2.33. The zero-order valence-electron chi connectivity index (χ0n) is 14.7. The van der Waals surface area contributed by atoms with Crippen LogP contribution in [-0.4, -0.2) is 58.7 Å². The predicted molar refractivity (Wildman–Crippen MR) is 109 cm³/mol. The van der Waals surface area contributed by atoms with E-state index in [4.69, 9.17) is 12.2 Å². The number of piperidine rings is 1. The monoisotopic (exact) mass is 381 g/mol. The van der Waals surface area contributed by atoms with Gasteiger partial charge in [0.15, 0.2) is 0 Å². The van der Waals surface area contributed by atoms with Gasteiger partial charge in [-0.3, -0.25) is 4.98 Å². The molecule has 1 fully saturated rings. The lowest BCUT2D eigenvalue weighted by Gasteiger charge is -2.28. The van der Waals surface area contributed by atoms with E-state index < -0.39 is 0 Å². The second-order valence-electron chi connectivity index (χ2n) is 6.16. The highest BCUT2D eigenvalue weighted by Crippen LogP contribution is 2.23. The fourth-order valence-corrected chi connectivity index (χ4v) is 3.99. The molecule has 2 rings (SSSR count). The molecule has 25 heavy (non-hydrogen) atoms. The van der Waals surface area contributed by atoms with Crippen molar-refractivity contribution in [1.82, 2.24) is 20.5 Å². The van der Waals surface area contributed by atoms with Crippen LogP contribution in [0.4, 0.5) is 10.5 Å². The summed E-state index contributed by atoms with van der Waals surface area (Å²) in [5.41, 5.74) is 0.741. The number of nitrogens with zero attached hydrogens (tertiary/aromatic N) is 2. The Morgan fingerprint density at radius 1 is 1.24 bits per heavy atom. The van der Waals surface area contributed by atoms with Crippen molar-refractivity contribution in [3.63, 3.8) is 0 Å². The van der Waals surface area contributed by atoms with Crippen molar-refractivity contribution >= 4 is 40.0 Å². The maximum absolute atomic E-state index is 11.7. The van der Waals surface area contributed by atoms with Gasteiger partial charge >= 0.3 is 6.03 Å². The number of amides is 2. The number of urea groups is 1. The van der Waals surface area contributed by atoms with Gasteiger partial charge in [0.05, 0.1) is 0 Å². The van der Waals surface area contributed by atoms with E-state index in [-0.39, 0.29) is 6.03 Å². The number of anilines is 1. The average Bonchev–Trinajstić information content (AvgIpc) is 2.61. The Morgan fingerprint density at radius 2 is 1.88 bits per heavy atom. The van der Waals surface area contributed by atoms with E-state index in [0.29, 0.717) is 11.8 Å². The van der Waals surface area contributed by atoms with Crippen molar-refractivity contribution in [3.05, 3.63) is 24.5 Å². The van der Waals surface area contributed by atoms with Gasteiger partial charge in [-0.05, 0) is 58.0 Å². The third-order valence-corrected chi connectivity index (χ3v) is 5.63. The van der Waals surface area contributed by atoms with E-state index in [0.717, 1.165) is 42.5 Å². The van der Waals surface area contributed by atoms with Gasteiger partial charge in [0, 0.05) is 36.4 Å². The molecular weight excluding hydrogens is 354 g/mol. The summed E-state index contributed by atoms with van der Waals surface area (Å²) in [6, 6.07) is 3.33. The Hall–Kier alpha value is -1.38. The quantitative estimate of drug-likeness (QED) is 0.498. The highest BCUT2D eigenvalue weighted by molar-refractivity contribution is 8.23. The molecule has 3 N–H and O–H groups in total. The van der Waals surface area contributed by atoms with E-state index in [1.807, 2.05) is 0 Å². The van der Waals surface area contributed by atoms with E-state index >= 15 is 0 Å². The van der Waals surface area contributed by atoms with Crippen LogP contribution in [0.2, 0.25) is 0 Å². The van der Waals surface area contributed by atoms with Crippen LogP contribution < -0.4 is 16.0 Å². The van der Waals surface area contributed by atoms with Crippen molar-refractivity contribution in [2.24, 2.45) is 0 Å². The van der Waals surface area contributed by atoms with Gasteiger partial charge < -0.3 is 20.9 Å². The molecule has 1 aromatic heterocycles. The second-order valence-corrected chi connectivity index (χ2v) is 8.14. The number of pyridine rings is 1. The second kappa shape index (κ2) is 11.3. The molecule has 138 valence electrons. The number of hydrogen-bond donors (Lipinski definition) is 3. The average molecular weight is 382 g/mol. The molecule has 0 aliphatic carbocycles. The summed E-state index contributed by atoms with van der Waals surface area (Å²) in [6.45, 7) is 3.82. The Bertz CT molecular complexity index is 535. The smallest absolute Gasteiger partial charge is 0.319 e. The molecule has 2 amide bonds. The highest BCUT2D eigenvalue weighted by Gasteiger charge is 2.18. The molecule has 2 heterocycles. The van der Waals surface area contributed by atoms with Crippen LogP contribution in [0.25, 0.3) is 0 Å². The molecule has 8 heteroatoms. The first kappa shape index (κ1) is 19.9. The molecule has 0 aromatic carbocycles. The molecule has 0 atom stereocenters. The molecule has 0 spiro atoms. The van der Waals surface area contributed by atoms with Crippen molar-refractivity contribution in [2.75, 3.05) is 38.5 Å². The molecular formula is C17H27N5OS2. The third kappa shape index (κ3) is 8.51. The lowest BCUT2D eigenvalue weighted by atomic mass is 10.1. The van der Waals surface area contributed by atoms with Crippen LogP contribution in [0.5, 0.6) is 0 Å². The zero-order valence-corrected chi connectivity index (χ0v) is 16.3. The SMILES string of the molecule is CN1CCC(SC(=S)NCCCCNC(=O)Nc2ccncc2)CC1. The largest absolute Gasteiger partial charge is 0.371 e. The number of nitrogens with one attached hydrogen (secondary N) is 3. The van der Waals surface area contributed by atoms with Gasteiger partial charge in [0.2, 0.25) is 0 Å². The number of thiocarbonyl (C=S) groups is 1. The van der Waals surface area contributed by atoms with Crippen LogP contribution in [-0.2, 0) is 0 Å². The van der Waals surface area contributed by atoms with Crippen molar-refractivity contribution in [2.45, 2.75) is 30.9 Å². The number of likely N-dealkylation sites (tertiary alicyclic amines) is 1. The molecule has 1 aromatic rings. The zero-order chi connectivity index (χ0) is 17.9. The van der Waals surface area contributed by atoms with Gasteiger partial charge in [-0.1, -0.05) is 24.0 Å². The standard InChI is InChI=1S/C17H27N5OS2/c1-22-12-6-15(7-13-22)25-17(24)20-9-3-2-8-19-16(23)21-14-4-10-18-11-5-14/h4-5,10-11,15H,2-3,6-9,12-13H2,1H3,(H,20,24)(H2,18,19,21,23). The summed E-state index contributed by atoms with van der Waals surface area (Å²) in [4.78, 5) is 18.0. The number of hydrogen-bond acceptors (Lipinski definition) is 5. The minimum atomic E-state index is -0.187. The summed E-state index contributed by atoms with van der Waals surface area (Å²) in [5.74, 6) is 0. The number of thioether (sulfide) groups is 1. The topological polar surface area (TPSA) is 69.3 Å². The summed E-state index contributed by atoms with van der Waals surface area (Å²) >= 11 is 7.21. The van der Waals surface area contributed by atoms with Crippen LogP contribution in [0.15, 0.2) is 24.5 Å². The number of carbonyl (C=O) groups is 1.